The summed E-state index contributed by atoms with van der Waals surface area (Å²) in [5.41, 5.74) is 0. The van der Waals surface area contributed by atoms with Crippen molar-refractivity contribution < 1.29 is 31.4 Å². The minimum absolute atomic E-state index is 0.153. The number of rotatable bonds is 1. The van der Waals surface area contributed by atoms with Crippen LogP contribution in [-0.4, -0.2) is 19.2 Å². The number of halogens is 6. The van der Waals surface area contributed by atoms with Crippen molar-refractivity contribution in [2.45, 2.75) is 19.5 Å². The average Bonchev–Trinajstić information content (AvgIpc) is 1.87. The first kappa shape index (κ1) is 13.2. The minimum Gasteiger partial charge on any atom is -0.200 e. The molecule has 70 valence electrons. The van der Waals surface area contributed by atoms with Crippen molar-refractivity contribution in [2.24, 2.45) is 0 Å². The SMILES string of the molecule is CCOF.FC(F)C(F)(F)F. The van der Waals surface area contributed by atoms with E-state index in [1.54, 1.807) is 6.92 Å². The highest BCUT2D eigenvalue weighted by Gasteiger charge is 2.40. The summed E-state index contributed by atoms with van der Waals surface area (Å²) >= 11 is 0. The maximum atomic E-state index is 10.4. The summed E-state index contributed by atoms with van der Waals surface area (Å²) in [6, 6.07) is 0. The Balaban J connectivity index is 0. The largest absolute Gasteiger partial charge is 0.450 e. The Morgan fingerprint density at radius 1 is 1.27 bits per heavy atom. The van der Waals surface area contributed by atoms with Crippen LogP contribution in [0.3, 0.4) is 0 Å². The Bertz CT molecular complexity index is 77.1. The summed E-state index contributed by atoms with van der Waals surface area (Å²) < 4.78 is 62.3. The second-order valence-corrected chi connectivity index (χ2v) is 1.24. The van der Waals surface area contributed by atoms with Gasteiger partial charge in [0.15, 0.2) is 0 Å². The molecule has 0 aliphatic carbocycles. The molecule has 11 heavy (non-hydrogen) atoms. The molecular formula is C4H6F6O. The van der Waals surface area contributed by atoms with Crippen LogP contribution in [0.1, 0.15) is 6.92 Å². The van der Waals surface area contributed by atoms with Crippen molar-refractivity contribution in [1.82, 2.24) is 0 Å². The number of alkyl halides is 5. The van der Waals surface area contributed by atoms with Crippen molar-refractivity contribution in [1.29, 1.82) is 0 Å². The molecular weight excluding hydrogens is 178 g/mol. The van der Waals surface area contributed by atoms with E-state index in [1.165, 1.54) is 0 Å². The first-order chi connectivity index (χ1) is 4.86. The average molecular weight is 184 g/mol. The van der Waals surface area contributed by atoms with E-state index in [9.17, 15) is 26.5 Å². The zero-order valence-corrected chi connectivity index (χ0v) is 5.46. The molecule has 1 nitrogen and oxygen atoms in total. The molecule has 0 aromatic carbocycles. The second-order valence-electron chi connectivity index (χ2n) is 1.24. The lowest BCUT2D eigenvalue weighted by atomic mass is 10.7. The fourth-order valence-corrected chi connectivity index (χ4v) is 0. The summed E-state index contributed by atoms with van der Waals surface area (Å²) in [4.78, 5) is 3.04. The van der Waals surface area contributed by atoms with Crippen LogP contribution in [0.2, 0.25) is 0 Å². The summed E-state index contributed by atoms with van der Waals surface area (Å²) in [6.45, 7) is 1.74. The third-order valence-corrected chi connectivity index (χ3v) is 0.357. The van der Waals surface area contributed by atoms with E-state index in [0.717, 1.165) is 0 Å². The quantitative estimate of drug-likeness (QED) is 0.569. The van der Waals surface area contributed by atoms with Gasteiger partial charge in [-0.15, -0.1) is 0 Å². The Morgan fingerprint density at radius 2 is 1.45 bits per heavy atom. The Morgan fingerprint density at radius 3 is 1.45 bits per heavy atom. The molecule has 0 rings (SSSR count). The van der Waals surface area contributed by atoms with Gasteiger partial charge < -0.3 is 0 Å². The highest BCUT2D eigenvalue weighted by Crippen LogP contribution is 2.22. The Labute approximate surface area is 58.8 Å². The molecule has 0 aromatic rings. The molecule has 0 heterocycles. The minimum atomic E-state index is -5.33. The molecule has 0 bridgehead atoms. The standard InChI is InChI=1S/C2HF5.C2H5FO/c3-1(4)2(5,6)7;1-2-4-3/h1H;2H2,1H3. The van der Waals surface area contributed by atoms with Crippen LogP contribution in [-0.2, 0) is 4.94 Å². The molecule has 0 spiro atoms. The van der Waals surface area contributed by atoms with Gasteiger partial charge in [0.2, 0.25) is 0 Å². The summed E-state index contributed by atoms with van der Waals surface area (Å²) in [5.74, 6) is 0. The molecule has 0 fully saturated rings. The topological polar surface area (TPSA) is 9.23 Å². The number of hydrogen-bond acceptors (Lipinski definition) is 1. The lowest BCUT2D eigenvalue weighted by Crippen LogP contribution is -2.18. The van der Waals surface area contributed by atoms with Crippen molar-refractivity contribution in [3.05, 3.63) is 0 Å². The summed E-state index contributed by atoms with van der Waals surface area (Å²) in [7, 11) is 0. The molecule has 0 atom stereocenters. The zero-order valence-electron chi connectivity index (χ0n) is 5.46. The summed E-state index contributed by atoms with van der Waals surface area (Å²) in [6.07, 6.45) is -9.53. The molecule has 0 N–H and O–H groups in total. The van der Waals surface area contributed by atoms with Crippen LogP contribution in [0, 0.1) is 0 Å². The van der Waals surface area contributed by atoms with Crippen LogP contribution in [0.5, 0.6) is 0 Å². The predicted molar refractivity (Wildman–Crippen MR) is 24.8 cm³/mol. The lowest BCUT2D eigenvalue weighted by molar-refractivity contribution is -0.219. The molecule has 0 aliphatic heterocycles. The third-order valence-electron chi connectivity index (χ3n) is 0.357. The van der Waals surface area contributed by atoms with Gasteiger partial charge in [0, 0.05) is 0 Å². The van der Waals surface area contributed by atoms with Crippen molar-refractivity contribution in [3.63, 3.8) is 0 Å². The molecule has 0 unspecified atom stereocenters. The van der Waals surface area contributed by atoms with Gasteiger partial charge in [-0.25, -0.2) is 8.78 Å². The van der Waals surface area contributed by atoms with Gasteiger partial charge in [0.1, 0.15) is 0 Å². The molecule has 0 radical (unpaired) electrons. The normalized spacial score (nSPS) is 10.9. The molecule has 0 saturated heterocycles. The fraction of sp³-hybridized carbons (Fsp3) is 1.00. The molecule has 0 aliphatic rings. The van der Waals surface area contributed by atoms with E-state index in [1.807, 2.05) is 0 Å². The van der Waals surface area contributed by atoms with E-state index in [4.69, 9.17) is 0 Å². The maximum absolute atomic E-state index is 10.4. The van der Waals surface area contributed by atoms with Crippen LogP contribution in [0.15, 0.2) is 0 Å². The van der Waals surface area contributed by atoms with E-state index < -0.39 is 12.6 Å². The first-order valence-corrected chi connectivity index (χ1v) is 2.44. The summed E-state index contributed by atoms with van der Waals surface area (Å²) in [5, 5.41) is 0. The second kappa shape index (κ2) is 6.26. The smallest absolute Gasteiger partial charge is 0.200 e. The maximum Gasteiger partial charge on any atom is 0.450 e. The Kier molecular flexibility index (Phi) is 7.49. The van der Waals surface area contributed by atoms with Gasteiger partial charge in [-0.3, -0.25) is 0 Å². The van der Waals surface area contributed by atoms with Gasteiger partial charge >= 0.3 is 12.6 Å². The van der Waals surface area contributed by atoms with Gasteiger partial charge in [-0.05, 0) is 11.4 Å². The Hall–Kier alpha value is -0.460. The zero-order chi connectivity index (χ0) is 9.49. The van der Waals surface area contributed by atoms with Gasteiger partial charge in [0.05, 0.1) is 6.61 Å². The third kappa shape index (κ3) is 12.7. The van der Waals surface area contributed by atoms with E-state index in [2.05, 4.69) is 4.94 Å². The van der Waals surface area contributed by atoms with Crippen molar-refractivity contribution in [2.75, 3.05) is 6.61 Å². The van der Waals surface area contributed by atoms with E-state index in [-0.39, 0.29) is 6.61 Å². The number of hydrogen-bond donors (Lipinski definition) is 0. The van der Waals surface area contributed by atoms with Gasteiger partial charge in [-0.2, -0.15) is 18.1 Å². The molecule has 0 aromatic heterocycles. The van der Waals surface area contributed by atoms with E-state index in [0.29, 0.717) is 0 Å². The molecule has 0 saturated carbocycles. The molecule has 7 heteroatoms. The van der Waals surface area contributed by atoms with Crippen LogP contribution < -0.4 is 0 Å². The van der Waals surface area contributed by atoms with E-state index >= 15 is 0 Å². The highest BCUT2D eigenvalue weighted by atomic mass is 19.4. The first-order valence-electron chi connectivity index (χ1n) is 2.44. The van der Waals surface area contributed by atoms with Crippen LogP contribution in [0.25, 0.3) is 0 Å². The lowest BCUT2D eigenvalue weighted by Gasteiger charge is -2.00. The van der Waals surface area contributed by atoms with Gasteiger partial charge in [-0.1, -0.05) is 0 Å². The van der Waals surface area contributed by atoms with Crippen LogP contribution >= 0.6 is 0 Å². The predicted octanol–water partition coefficient (Wildman–Crippen LogP) is 2.72. The van der Waals surface area contributed by atoms with Crippen LogP contribution in [0.4, 0.5) is 26.5 Å². The van der Waals surface area contributed by atoms with Crippen molar-refractivity contribution in [3.8, 4) is 0 Å². The highest BCUT2D eigenvalue weighted by molar-refractivity contribution is 4.48. The molecule has 0 amide bonds. The van der Waals surface area contributed by atoms with Gasteiger partial charge in [0.25, 0.3) is 0 Å². The van der Waals surface area contributed by atoms with Crippen molar-refractivity contribution >= 4 is 0 Å². The fourth-order valence-electron chi connectivity index (χ4n) is 0. The monoisotopic (exact) mass is 184 g/mol.